The molecule has 0 saturated carbocycles. The van der Waals surface area contributed by atoms with E-state index in [1.54, 1.807) is 0 Å². The smallest absolute Gasteiger partial charge is 0.410 e. The molecule has 16 heavy (non-hydrogen) atoms. The largest absolute Gasteiger partial charge is 0.444 e. The average Bonchev–Trinajstić information content (AvgIpc) is 2.09. The highest BCUT2D eigenvalue weighted by Crippen LogP contribution is 2.12. The van der Waals surface area contributed by atoms with Gasteiger partial charge in [-0.05, 0) is 34.6 Å². The number of nitrogens with two attached hydrogens (primary N) is 1. The second kappa shape index (κ2) is 6.06. The van der Waals surface area contributed by atoms with E-state index in [-0.39, 0.29) is 12.6 Å². The van der Waals surface area contributed by atoms with Crippen LogP contribution in [0.15, 0.2) is 0 Å². The fourth-order valence-corrected chi connectivity index (χ4v) is 1.13. The van der Waals surface area contributed by atoms with Crippen molar-refractivity contribution in [2.45, 2.75) is 52.3 Å². The van der Waals surface area contributed by atoms with Gasteiger partial charge < -0.3 is 20.5 Å². The molecule has 0 heterocycles. The quantitative estimate of drug-likeness (QED) is 0.756. The minimum absolute atomic E-state index is 0.00699. The highest BCUT2D eigenvalue weighted by Gasteiger charge is 2.25. The van der Waals surface area contributed by atoms with E-state index in [2.05, 4.69) is 0 Å². The van der Waals surface area contributed by atoms with E-state index in [9.17, 15) is 4.79 Å². The van der Waals surface area contributed by atoms with Gasteiger partial charge >= 0.3 is 6.09 Å². The molecule has 0 fully saturated rings. The first-order chi connectivity index (χ1) is 7.17. The Bertz CT molecular complexity index is 224. The Morgan fingerprint density at radius 2 is 1.94 bits per heavy atom. The predicted octanol–water partition coefficient (Wildman–Crippen LogP) is 0.952. The molecule has 3 N–H and O–H groups in total. The van der Waals surface area contributed by atoms with Crippen LogP contribution in [0.2, 0.25) is 0 Å². The van der Waals surface area contributed by atoms with Crippen LogP contribution in [0.25, 0.3) is 0 Å². The minimum atomic E-state index is -0.520. The summed E-state index contributed by atoms with van der Waals surface area (Å²) in [5.41, 5.74) is 5.09. The van der Waals surface area contributed by atoms with Gasteiger partial charge in [0.25, 0.3) is 0 Å². The molecule has 5 nitrogen and oxygen atoms in total. The molecule has 0 rings (SSSR count). The van der Waals surface area contributed by atoms with E-state index in [0.717, 1.165) is 0 Å². The van der Waals surface area contributed by atoms with Crippen molar-refractivity contribution in [2.24, 2.45) is 5.73 Å². The van der Waals surface area contributed by atoms with Gasteiger partial charge in [0.2, 0.25) is 0 Å². The SMILES string of the molecule is CC(C)N(C[C@@H](N)CO)C(=O)OC(C)(C)C. The Labute approximate surface area is 97.6 Å². The van der Waals surface area contributed by atoms with Gasteiger partial charge in [0.15, 0.2) is 0 Å². The Balaban J connectivity index is 4.48. The summed E-state index contributed by atoms with van der Waals surface area (Å²) in [6.45, 7) is 9.36. The molecule has 0 aromatic heterocycles. The summed E-state index contributed by atoms with van der Waals surface area (Å²) in [6, 6.07) is -0.442. The zero-order valence-corrected chi connectivity index (χ0v) is 10.9. The molecule has 0 spiro atoms. The van der Waals surface area contributed by atoms with Gasteiger partial charge in [0, 0.05) is 18.6 Å². The van der Waals surface area contributed by atoms with Crippen molar-refractivity contribution in [1.29, 1.82) is 0 Å². The lowest BCUT2D eigenvalue weighted by Crippen LogP contribution is -2.48. The van der Waals surface area contributed by atoms with Gasteiger partial charge in [-0.2, -0.15) is 0 Å². The maximum Gasteiger partial charge on any atom is 0.410 e. The molecule has 0 aromatic rings. The first kappa shape index (κ1) is 15.2. The second-order valence-corrected chi connectivity index (χ2v) is 5.17. The lowest BCUT2D eigenvalue weighted by Gasteiger charge is -2.31. The number of amides is 1. The van der Waals surface area contributed by atoms with Crippen LogP contribution in [-0.4, -0.2) is 46.9 Å². The van der Waals surface area contributed by atoms with Crippen molar-refractivity contribution >= 4 is 6.09 Å². The topological polar surface area (TPSA) is 75.8 Å². The van der Waals surface area contributed by atoms with Gasteiger partial charge in [-0.15, -0.1) is 0 Å². The van der Waals surface area contributed by atoms with Crippen molar-refractivity contribution in [1.82, 2.24) is 4.90 Å². The molecule has 0 aliphatic carbocycles. The molecule has 0 unspecified atom stereocenters. The van der Waals surface area contributed by atoms with E-state index in [0.29, 0.717) is 6.54 Å². The van der Waals surface area contributed by atoms with Crippen molar-refractivity contribution in [2.75, 3.05) is 13.2 Å². The molecule has 0 aliphatic rings. The highest BCUT2D eigenvalue weighted by atomic mass is 16.6. The van der Waals surface area contributed by atoms with Crippen LogP contribution in [0.1, 0.15) is 34.6 Å². The molecule has 0 saturated heterocycles. The summed E-state index contributed by atoms with van der Waals surface area (Å²) < 4.78 is 5.26. The number of carbonyl (C=O) groups is 1. The first-order valence-corrected chi connectivity index (χ1v) is 5.53. The molecular formula is C11H24N2O3. The number of rotatable bonds is 4. The van der Waals surface area contributed by atoms with Gasteiger partial charge in [0.05, 0.1) is 6.61 Å². The Morgan fingerprint density at radius 3 is 2.25 bits per heavy atom. The first-order valence-electron chi connectivity index (χ1n) is 5.53. The van der Waals surface area contributed by atoms with Crippen LogP contribution in [0, 0.1) is 0 Å². The molecular weight excluding hydrogens is 208 g/mol. The molecule has 5 heteroatoms. The van der Waals surface area contributed by atoms with E-state index in [1.165, 1.54) is 4.90 Å². The average molecular weight is 232 g/mol. The maximum atomic E-state index is 11.8. The number of aliphatic hydroxyl groups excluding tert-OH is 1. The fraction of sp³-hybridized carbons (Fsp3) is 0.909. The van der Waals surface area contributed by atoms with Crippen molar-refractivity contribution in [3.8, 4) is 0 Å². The van der Waals surface area contributed by atoms with Crippen molar-refractivity contribution < 1.29 is 14.6 Å². The minimum Gasteiger partial charge on any atom is -0.444 e. The molecule has 0 radical (unpaired) electrons. The summed E-state index contributed by atoms with van der Waals surface area (Å²) in [5.74, 6) is 0. The molecule has 1 amide bonds. The monoisotopic (exact) mass is 232 g/mol. The van der Waals surface area contributed by atoms with Crippen LogP contribution in [0.3, 0.4) is 0 Å². The van der Waals surface area contributed by atoms with Gasteiger partial charge in [-0.25, -0.2) is 4.79 Å². The number of hydrogen-bond acceptors (Lipinski definition) is 4. The number of carbonyl (C=O) groups excluding carboxylic acids is 1. The van der Waals surface area contributed by atoms with Crippen LogP contribution in [0.5, 0.6) is 0 Å². The summed E-state index contributed by atoms with van der Waals surface area (Å²) in [6.07, 6.45) is -0.397. The zero-order chi connectivity index (χ0) is 12.9. The Morgan fingerprint density at radius 1 is 1.44 bits per heavy atom. The van der Waals surface area contributed by atoms with E-state index in [4.69, 9.17) is 15.6 Å². The Kier molecular flexibility index (Phi) is 5.75. The van der Waals surface area contributed by atoms with Crippen LogP contribution >= 0.6 is 0 Å². The van der Waals surface area contributed by atoms with Gasteiger partial charge in [0.1, 0.15) is 5.60 Å². The molecule has 0 aromatic carbocycles. The number of nitrogens with zero attached hydrogens (tertiary/aromatic N) is 1. The third-order valence-electron chi connectivity index (χ3n) is 1.92. The zero-order valence-electron chi connectivity index (χ0n) is 10.9. The second-order valence-electron chi connectivity index (χ2n) is 5.17. The third kappa shape index (κ3) is 5.92. The van der Waals surface area contributed by atoms with E-state index < -0.39 is 17.7 Å². The normalized spacial score (nSPS) is 13.8. The summed E-state index contributed by atoms with van der Waals surface area (Å²) >= 11 is 0. The summed E-state index contributed by atoms with van der Waals surface area (Å²) in [4.78, 5) is 13.3. The van der Waals surface area contributed by atoms with Crippen LogP contribution in [0.4, 0.5) is 4.79 Å². The lowest BCUT2D eigenvalue weighted by molar-refractivity contribution is 0.0166. The fourth-order valence-electron chi connectivity index (χ4n) is 1.13. The van der Waals surface area contributed by atoms with E-state index >= 15 is 0 Å². The molecule has 1 atom stereocenters. The van der Waals surface area contributed by atoms with E-state index in [1.807, 2.05) is 34.6 Å². The molecule has 0 aliphatic heterocycles. The highest BCUT2D eigenvalue weighted by molar-refractivity contribution is 5.68. The molecule has 0 bridgehead atoms. The van der Waals surface area contributed by atoms with Crippen LogP contribution < -0.4 is 5.73 Å². The van der Waals surface area contributed by atoms with Gasteiger partial charge in [-0.3, -0.25) is 0 Å². The number of aliphatic hydroxyl groups is 1. The number of ether oxygens (including phenoxy) is 1. The summed E-state index contributed by atoms with van der Waals surface area (Å²) in [7, 11) is 0. The maximum absolute atomic E-state index is 11.8. The van der Waals surface area contributed by atoms with Crippen molar-refractivity contribution in [3.63, 3.8) is 0 Å². The standard InChI is InChI=1S/C11H24N2O3/c1-8(2)13(6-9(12)7-14)10(15)16-11(3,4)5/h8-9,14H,6-7,12H2,1-5H3/t9-/m1/s1. The predicted molar refractivity (Wildman–Crippen MR) is 63.1 cm³/mol. The number of hydrogen-bond donors (Lipinski definition) is 2. The summed E-state index contributed by atoms with van der Waals surface area (Å²) in [5, 5.41) is 8.88. The molecule has 96 valence electrons. The Hall–Kier alpha value is -0.810. The van der Waals surface area contributed by atoms with Crippen molar-refractivity contribution in [3.05, 3.63) is 0 Å². The third-order valence-corrected chi connectivity index (χ3v) is 1.92. The van der Waals surface area contributed by atoms with Crippen LogP contribution in [-0.2, 0) is 4.74 Å². The van der Waals surface area contributed by atoms with Gasteiger partial charge in [-0.1, -0.05) is 0 Å². The lowest BCUT2D eigenvalue weighted by atomic mass is 10.2.